The molecule has 0 aliphatic heterocycles. The summed E-state index contributed by atoms with van der Waals surface area (Å²) in [4.78, 5) is 6.53. The maximum Gasteiger partial charge on any atom is 0.179 e. The van der Waals surface area contributed by atoms with Crippen molar-refractivity contribution >= 4 is 67.7 Å². The van der Waals surface area contributed by atoms with Crippen LogP contribution in [0.4, 0.5) is 11.4 Å². The lowest BCUT2D eigenvalue weighted by Crippen LogP contribution is -2.10. The van der Waals surface area contributed by atoms with Crippen LogP contribution in [0, 0.1) is 0 Å². The molecule has 6 nitrogen and oxygen atoms in total. The Morgan fingerprint density at radius 1 is 0.971 bits per heavy atom. The highest BCUT2D eigenvalue weighted by molar-refractivity contribution is 7.90. The number of pyridine rings is 1. The van der Waals surface area contributed by atoms with Crippen molar-refractivity contribution in [3.05, 3.63) is 76.4 Å². The summed E-state index contributed by atoms with van der Waals surface area (Å²) in [6.45, 7) is 0.800. The van der Waals surface area contributed by atoms with Crippen molar-refractivity contribution in [1.82, 2.24) is 9.88 Å². The van der Waals surface area contributed by atoms with Crippen LogP contribution in [0.2, 0.25) is 10.0 Å². The monoisotopic (exact) mass is 551 g/mol. The van der Waals surface area contributed by atoms with Crippen molar-refractivity contribution < 1.29 is 13.5 Å². The van der Waals surface area contributed by atoms with Gasteiger partial charge >= 0.3 is 0 Å². The van der Waals surface area contributed by atoms with E-state index < -0.39 is 9.84 Å². The molecule has 0 amide bonds. The normalized spacial score (nSPS) is 11.5. The van der Waals surface area contributed by atoms with Crippen LogP contribution in [0.5, 0.6) is 5.75 Å². The Labute approximate surface area is 220 Å². The summed E-state index contributed by atoms with van der Waals surface area (Å²) < 4.78 is 25.2. The second-order valence-corrected chi connectivity index (χ2v) is 11.1. The number of sulfone groups is 1. The number of anilines is 2. The van der Waals surface area contributed by atoms with Gasteiger partial charge in [-0.1, -0.05) is 41.4 Å². The van der Waals surface area contributed by atoms with E-state index in [1.54, 1.807) is 18.2 Å². The van der Waals surface area contributed by atoms with E-state index in [9.17, 15) is 13.5 Å². The van der Waals surface area contributed by atoms with E-state index in [0.717, 1.165) is 29.6 Å². The lowest BCUT2D eigenvalue weighted by Gasteiger charge is -2.16. The highest BCUT2D eigenvalue weighted by atomic mass is 35.5. The first-order valence-corrected chi connectivity index (χ1v) is 13.0. The number of phenols is 1. The van der Waals surface area contributed by atoms with Gasteiger partial charge < -0.3 is 15.3 Å². The van der Waals surface area contributed by atoms with Gasteiger partial charge in [0.1, 0.15) is 4.90 Å². The average Bonchev–Trinajstić information content (AvgIpc) is 2.77. The summed E-state index contributed by atoms with van der Waals surface area (Å²) >= 11 is 12.2. The van der Waals surface area contributed by atoms with Crippen molar-refractivity contribution in [2.45, 2.75) is 11.4 Å². The minimum Gasteiger partial charge on any atom is -0.505 e. The lowest BCUT2D eigenvalue weighted by atomic mass is 10.0. The predicted molar refractivity (Wildman–Crippen MR) is 146 cm³/mol. The summed E-state index contributed by atoms with van der Waals surface area (Å²) in [6.07, 6.45) is 2.53. The molecule has 0 unspecified atom stereocenters. The largest absolute Gasteiger partial charge is 0.505 e. The molecule has 35 heavy (non-hydrogen) atoms. The number of rotatable bonds is 6. The summed E-state index contributed by atoms with van der Waals surface area (Å²) in [5.41, 5.74) is 4.37. The maximum atomic E-state index is 12.6. The molecule has 0 spiro atoms. The topological polar surface area (TPSA) is 82.5 Å². The van der Waals surface area contributed by atoms with E-state index in [-0.39, 0.29) is 33.1 Å². The van der Waals surface area contributed by atoms with Crippen LogP contribution >= 0.6 is 35.6 Å². The Hall–Kier alpha value is -2.55. The van der Waals surface area contributed by atoms with Gasteiger partial charge in [-0.25, -0.2) is 8.42 Å². The molecule has 4 rings (SSSR count). The molecular weight excluding hydrogens is 529 g/mol. The molecule has 0 saturated carbocycles. The molecule has 0 atom stereocenters. The Morgan fingerprint density at radius 3 is 2.17 bits per heavy atom. The van der Waals surface area contributed by atoms with Gasteiger partial charge in [0.15, 0.2) is 15.6 Å². The van der Waals surface area contributed by atoms with Gasteiger partial charge in [0.05, 0.1) is 21.2 Å². The van der Waals surface area contributed by atoms with E-state index in [1.807, 2.05) is 50.5 Å². The zero-order valence-corrected chi connectivity index (χ0v) is 22.4. The molecule has 0 aliphatic rings. The predicted octanol–water partition coefficient (Wildman–Crippen LogP) is 6.54. The summed E-state index contributed by atoms with van der Waals surface area (Å²) in [6, 6.07) is 16.5. The molecule has 1 aromatic heterocycles. The number of benzene rings is 3. The first kappa shape index (κ1) is 27.0. The Morgan fingerprint density at radius 2 is 1.60 bits per heavy atom. The van der Waals surface area contributed by atoms with E-state index >= 15 is 0 Å². The second-order valence-electron chi connectivity index (χ2n) is 8.35. The molecule has 184 valence electrons. The molecule has 4 aromatic rings. The van der Waals surface area contributed by atoms with Gasteiger partial charge in [-0.3, -0.25) is 4.98 Å². The summed E-state index contributed by atoms with van der Waals surface area (Å²) in [7, 11) is 0.427. The van der Waals surface area contributed by atoms with Crippen LogP contribution in [0.1, 0.15) is 5.56 Å². The number of nitrogens with one attached hydrogen (secondary N) is 1. The number of fused-ring (bicyclic) bond motifs is 1. The number of phenolic OH excluding ortho intramolecular Hbond substituents is 1. The van der Waals surface area contributed by atoms with Gasteiger partial charge in [-0.05, 0) is 67.2 Å². The molecule has 0 fully saturated rings. The minimum atomic E-state index is -3.57. The standard InChI is InChI=1S/C25H23Cl2N3O3S.ClH/c1-30(2)14-15-4-7-18(8-5-15)29-24-19-10-16(17-11-20(26)25(31)21(27)12-17)6-9-22(19)28-13-23(24)34(3,32)33;/h4-13,31H,14H2,1-3H3,(H,28,29);1H. The van der Waals surface area contributed by atoms with Crippen molar-refractivity contribution in [3.8, 4) is 16.9 Å². The van der Waals surface area contributed by atoms with Crippen LogP contribution in [0.25, 0.3) is 22.0 Å². The Bertz CT molecular complexity index is 1470. The fourth-order valence-electron chi connectivity index (χ4n) is 3.70. The van der Waals surface area contributed by atoms with Crippen LogP contribution in [0.3, 0.4) is 0 Å². The average molecular weight is 553 g/mol. The quantitative estimate of drug-likeness (QED) is 0.282. The first-order valence-electron chi connectivity index (χ1n) is 10.3. The fourth-order valence-corrected chi connectivity index (χ4v) is 4.96. The maximum absolute atomic E-state index is 12.6. The van der Waals surface area contributed by atoms with Crippen molar-refractivity contribution in [2.24, 2.45) is 0 Å². The first-order chi connectivity index (χ1) is 16.0. The third kappa shape index (κ3) is 6.00. The van der Waals surface area contributed by atoms with Gasteiger partial charge in [0.25, 0.3) is 0 Å². The number of aromatic nitrogens is 1. The number of hydrogen-bond donors (Lipinski definition) is 2. The van der Waals surface area contributed by atoms with Gasteiger partial charge in [0.2, 0.25) is 0 Å². The van der Waals surface area contributed by atoms with Crippen molar-refractivity contribution in [2.75, 3.05) is 25.7 Å². The molecular formula is C25H24Cl3N3O3S. The molecule has 1 heterocycles. The third-order valence-electron chi connectivity index (χ3n) is 5.30. The molecule has 0 aliphatic carbocycles. The molecule has 0 saturated heterocycles. The Balaban J connectivity index is 0.00000342. The highest BCUT2D eigenvalue weighted by Crippen LogP contribution is 2.39. The third-order valence-corrected chi connectivity index (χ3v) is 6.99. The van der Waals surface area contributed by atoms with E-state index in [1.165, 1.54) is 6.20 Å². The van der Waals surface area contributed by atoms with Gasteiger partial charge in [0, 0.05) is 30.1 Å². The zero-order chi connectivity index (χ0) is 24.6. The molecule has 10 heteroatoms. The van der Waals surface area contributed by atoms with Gasteiger partial charge in [-0.2, -0.15) is 0 Å². The fraction of sp³-hybridized carbons (Fsp3) is 0.160. The number of hydrogen-bond acceptors (Lipinski definition) is 6. The molecule has 3 aromatic carbocycles. The lowest BCUT2D eigenvalue weighted by molar-refractivity contribution is 0.402. The van der Waals surface area contributed by atoms with E-state index in [0.29, 0.717) is 22.2 Å². The van der Waals surface area contributed by atoms with Crippen molar-refractivity contribution in [3.63, 3.8) is 0 Å². The van der Waals surface area contributed by atoms with Gasteiger partial charge in [-0.15, -0.1) is 12.4 Å². The summed E-state index contributed by atoms with van der Waals surface area (Å²) in [5, 5.41) is 14.1. The van der Waals surface area contributed by atoms with Crippen LogP contribution < -0.4 is 5.32 Å². The number of halogens is 3. The van der Waals surface area contributed by atoms with E-state index in [2.05, 4.69) is 15.2 Å². The van der Waals surface area contributed by atoms with Crippen LogP contribution in [-0.2, 0) is 16.4 Å². The minimum absolute atomic E-state index is 0. The zero-order valence-electron chi connectivity index (χ0n) is 19.2. The number of aromatic hydroxyl groups is 1. The van der Waals surface area contributed by atoms with Crippen LogP contribution in [0.15, 0.2) is 65.7 Å². The second kappa shape index (κ2) is 10.6. The summed E-state index contributed by atoms with van der Waals surface area (Å²) in [5.74, 6) is -0.186. The highest BCUT2D eigenvalue weighted by Gasteiger charge is 2.19. The smallest absolute Gasteiger partial charge is 0.179 e. The SMILES string of the molecule is CN(C)Cc1ccc(Nc2c(S(C)(=O)=O)cnc3ccc(-c4cc(Cl)c(O)c(Cl)c4)cc23)cc1.Cl. The molecule has 0 radical (unpaired) electrons. The number of nitrogens with zero attached hydrogens (tertiary/aromatic N) is 2. The van der Waals surface area contributed by atoms with E-state index in [4.69, 9.17) is 23.2 Å². The molecule has 2 N–H and O–H groups in total. The Kier molecular flexibility index (Phi) is 8.19. The van der Waals surface area contributed by atoms with Crippen LogP contribution in [-0.4, -0.2) is 43.8 Å². The molecule has 0 bridgehead atoms. The van der Waals surface area contributed by atoms with Crippen molar-refractivity contribution in [1.29, 1.82) is 0 Å².